The summed E-state index contributed by atoms with van der Waals surface area (Å²) in [5.41, 5.74) is 8.37. The zero-order valence-corrected chi connectivity index (χ0v) is 9.93. The van der Waals surface area contributed by atoms with Crippen molar-refractivity contribution < 1.29 is 8.83 Å². The molecule has 3 rings (SSSR count). The number of aromatic nitrogens is 1. The van der Waals surface area contributed by atoms with Crippen LogP contribution in [-0.2, 0) is 6.42 Å². The lowest BCUT2D eigenvalue weighted by molar-refractivity contribution is 0.535. The number of hydrogen-bond donors (Lipinski definition) is 1. The first-order chi connectivity index (χ1) is 8.86. The van der Waals surface area contributed by atoms with Crippen molar-refractivity contribution in [3.05, 3.63) is 42.2 Å². The van der Waals surface area contributed by atoms with Crippen LogP contribution in [0.2, 0.25) is 0 Å². The Labute approximate surface area is 104 Å². The smallest absolute Gasteiger partial charge is 0.263 e. The third-order valence-electron chi connectivity index (χ3n) is 2.85. The quantitative estimate of drug-likeness (QED) is 0.763. The number of rotatable bonds is 4. The lowest BCUT2D eigenvalue weighted by Crippen LogP contribution is -2.00. The first-order valence-electron chi connectivity index (χ1n) is 6.00. The first kappa shape index (κ1) is 11.0. The molecule has 0 bridgehead atoms. The summed E-state index contributed by atoms with van der Waals surface area (Å²) in [6.07, 6.45) is 3.56. The summed E-state index contributed by atoms with van der Waals surface area (Å²) < 4.78 is 10.9. The molecule has 0 atom stereocenters. The number of hydrogen-bond acceptors (Lipinski definition) is 4. The molecule has 2 aromatic heterocycles. The van der Waals surface area contributed by atoms with Crippen LogP contribution in [0.25, 0.3) is 22.8 Å². The van der Waals surface area contributed by atoms with Crippen molar-refractivity contribution in [3.8, 4) is 11.7 Å². The highest BCUT2D eigenvalue weighted by molar-refractivity contribution is 5.76. The van der Waals surface area contributed by atoms with Crippen LogP contribution in [0.5, 0.6) is 0 Å². The zero-order chi connectivity index (χ0) is 12.4. The number of nitrogens with zero attached hydrogens (tertiary/aromatic N) is 1. The van der Waals surface area contributed by atoms with Gasteiger partial charge in [0.2, 0.25) is 0 Å². The summed E-state index contributed by atoms with van der Waals surface area (Å²) in [4.78, 5) is 4.43. The van der Waals surface area contributed by atoms with Gasteiger partial charge in [0.25, 0.3) is 5.89 Å². The maximum Gasteiger partial charge on any atom is 0.263 e. The van der Waals surface area contributed by atoms with E-state index in [1.54, 1.807) is 6.26 Å². The Morgan fingerprint density at radius 3 is 2.94 bits per heavy atom. The molecule has 0 unspecified atom stereocenters. The summed E-state index contributed by atoms with van der Waals surface area (Å²) in [6.45, 7) is 0.703. The molecule has 0 radical (unpaired) electrons. The number of nitrogens with two attached hydrogens (primary N) is 1. The number of aryl methyl sites for hydroxylation is 1. The van der Waals surface area contributed by atoms with Gasteiger partial charge >= 0.3 is 0 Å². The SMILES string of the molecule is NCCCc1ccc2oc(-c3ccco3)nc2c1. The molecule has 2 heterocycles. The third-order valence-corrected chi connectivity index (χ3v) is 2.85. The normalized spacial score (nSPS) is 11.2. The summed E-state index contributed by atoms with van der Waals surface area (Å²) in [5.74, 6) is 1.17. The molecule has 4 nitrogen and oxygen atoms in total. The predicted octanol–water partition coefficient (Wildman–Crippen LogP) is 2.98. The van der Waals surface area contributed by atoms with Gasteiger partial charge in [0, 0.05) is 0 Å². The number of benzene rings is 1. The standard InChI is InChI=1S/C14H14N2O2/c15-7-1-3-10-5-6-12-11(9-10)16-14(18-12)13-4-2-8-17-13/h2,4-6,8-9H,1,3,7,15H2. The molecular formula is C14H14N2O2. The topological polar surface area (TPSA) is 65.2 Å². The van der Waals surface area contributed by atoms with Crippen molar-refractivity contribution in [3.63, 3.8) is 0 Å². The van der Waals surface area contributed by atoms with E-state index in [-0.39, 0.29) is 0 Å². The fourth-order valence-electron chi connectivity index (χ4n) is 1.94. The highest BCUT2D eigenvalue weighted by Crippen LogP contribution is 2.25. The van der Waals surface area contributed by atoms with Crippen LogP contribution in [0.1, 0.15) is 12.0 Å². The van der Waals surface area contributed by atoms with E-state index in [1.165, 1.54) is 5.56 Å². The van der Waals surface area contributed by atoms with Gasteiger partial charge in [-0.1, -0.05) is 6.07 Å². The molecule has 0 saturated carbocycles. The second-order valence-electron chi connectivity index (χ2n) is 4.19. The van der Waals surface area contributed by atoms with Crippen molar-refractivity contribution in [2.75, 3.05) is 6.54 Å². The van der Waals surface area contributed by atoms with Crippen LogP contribution in [0.4, 0.5) is 0 Å². The summed E-state index contributed by atoms with van der Waals surface area (Å²) in [7, 11) is 0. The summed E-state index contributed by atoms with van der Waals surface area (Å²) in [5, 5.41) is 0. The highest BCUT2D eigenvalue weighted by Gasteiger charge is 2.10. The molecule has 0 aliphatic rings. The van der Waals surface area contributed by atoms with E-state index in [4.69, 9.17) is 14.6 Å². The van der Waals surface area contributed by atoms with Crippen LogP contribution in [-0.4, -0.2) is 11.5 Å². The summed E-state index contributed by atoms with van der Waals surface area (Å²) in [6, 6.07) is 9.69. The van der Waals surface area contributed by atoms with Crippen LogP contribution in [0, 0.1) is 0 Å². The molecule has 0 saturated heterocycles. The monoisotopic (exact) mass is 242 g/mol. The third kappa shape index (κ3) is 2.02. The molecule has 2 N–H and O–H groups in total. The minimum absolute atomic E-state index is 0.519. The van der Waals surface area contributed by atoms with Gasteiger partial charge in [-0.3, -0.25) is 0 Å². The molecule has 3 aromatic rings. The lowest BCUT2D eigenvalue weighted by Gasteiger charge is -1.97. The largest absolute Gasteiger partial charge is 0.459 e. The molecule has 1 aromatic carbocycles. The van der Waals surface area contributed by atoms with E-state index in [2.05, 4.69) is 11.1 Å². The Morgan fingerprint density at radius 2 is 2.17 bits per heavy atom. The maximum absolute atomic E-state index is 5.64. The fourth-order valence-corrected chi connectivity index (χ4v) is 1.94. The molecule has 0 spiro atoms. The molecule has 92 valence electrons. The van der Waals surface area contributed by atoms with E-state index in [0.717, 1.165) is 23.9 Å². The fraction of sp³-hybridized carbons (Fsp3) is 0.214. The minimum atomic E-state index is 0.519. The average Bonchev–Trinajstić information content (AvgIpc) is 3.03. The van der Waals surface area contributed by atoms with Crippen molar-refractivity contribution in [2.45, 2.75) is 12.8 Å². The number of fused-ring (bicyclic) bond motifs is 1. The lowest BCUT2D eigenvalue weighted by atomic mass is 10.1. The second kappa shape index (κ2) is 4.66. The van der Waals surface area contributed by atoms with Crippen molar-refractivity contribution in [1.29, 1.82) is 0 Å². The average molecular weight is 242 g/mol. The van der Waals surface area contributed by atoms with E-state index < -0.39 is 0 Å². The molecule has 0 aliphatic carbocycles. The van der Waals surface area contributed by atoms with Gasteiger partial charge in [-0.2, -0.15) is 0 Å². The minimum Gasteiger partial charge on any atom is -0.459 e. The van der Waals surface area contributed by atoms with Gasteiger partial charge in [-0.15, -0.1) is 0 Å². The van der Waals surface area contributed by atoms with Crippen molar-refractivity contribution >= 4 is 11.1 Å². The first-order valence-corrected chi connectivity index (χ1v) is 6.00. The molecular weight excluding hydrogens is 228 g/mol. The molecule has 0 aliphatic heterocycles. The van der Waals surface area contributed by atoms with Crippen molar-refractivity contribution in [2.24, 2.45) is 5.73 Å². The Kier molecular flexibility index (Phi) is 2.86. The van der Waals surface area contributed by atoms with Crippen LogP contribution < -0.4 is 5.73 Å². The Bertz CT molecular complexity index is 641. The van der Waals surface area contributed by atoms with Crippen LogP contribution >= 0.6 is 0 Å². The van der Waals surface area contributed by atoms with E-state index in [0.29, 0.717) is 18.2 Å². The number of furan rings is 1. The second-order valence-corrected chi connectivity index (χ2v) is 4.19. The van der Waals surface area contributed by atoms with Gasteiger partial charge in [0.15, 0.2) is 11.3 Å². The Hall–Kier alpha value is -2.07. The van der Waals surface area contributed by atoms with Gasteiger partial charge in [-0.25, -0.2) is 4.98 Å². The van der Waals surface area contributed by atoms with E-state index >= 15 is 0 Å². The zero-order valence-electron chi connectivity index (χ0n) is 9.93. The Morgan fingerprint density at radius 1 is 1.22 bits per heavy atom. The van der Waals surface area contributed by atoms with Gasteiger partial charge < -0.3 is 14.6 Å². The number of oxazole rings is 1. The molecule has 0 amide bonds. The van der Waals surface area contributed by atoms with Crippen molar-refractivity contribution in [1.82, 2.24) is 4.98 Å². The molecule has 4 heteroatoms. The molecule has 18 heavy (non-hydrogen) atoms. The summed E-state index contributed by atoms with van der Waals surface area (Å²) >= 11 is 0. The van der Waals surface area contributed by atoms with Crippen LogP contribution in [0.15, 0.2) is 45.4 Å². The maximum atomic E-state index is 5.64. The van der Waals surface area contributed by atoms with Gasteiger partial charge in [0.05, 0.1) is 6.26 Å². The molecule has 0 fully saturated rings. The highest BCUT2D eigenvalue weighted by atomic mass is 16.4. The van der Waals surface area contributed by atoms with Crippen LogP contribution in [0.3, 0.4) is 0 Å². The van der Waals surface area contributed by atoms with E-state index in [1.807, 2.05) is 24.3 Å². The van der Waals surface area contributed by atoms with E-state index in [9.17, 15) is 0 Å². The predicted molar refractivity (Wildman–Crippen MR) is 69.1 cm³/mol. The van der Waals surface area contributed by atoms with Gasteiger partial charge in [0.1, 0.15) is 5.52 Å². The van der Waals surface area contributed by atoms with Gasteiger partial charge in [-0.05, 0) is 49.2 Å². The Balaban J connectivity index is 1.97.